The highest BCUT2D eigenvalue weighted by atomic mass is 16.6. The Morgan fingerprint density at radius 3 is 2.87 bits per heavy atom. The predicted molar refractivity (Wildman–Crippen MR) is 57.9 cm³/mol. The molecule has 0 saturated carbocycles. The maximum absolute atomic E-state index is 9.83. The van der Waals surface area contributed by atoms with Crippen molar-refractivity contribution in [2.45, 2.75) is 45.8 Å². The van der Waals surface area contributed by atoms with Gasteiger partial charge in [-0.05, 0) is 45.1 Å². The van der Waals surface area contributed by atoms with E-state index in [1.807, 2.05) is 6.92 Å². The minimum Gasteiger partial charge on any atom is -0.366 e. The molecule has 3 nitrogen and oxygen atoms in total. The van der Waals surface area contributed by atoms with Crippen molar-refractivity contribution in [2.75, 3.05) is 6.61 Å². The standard InChI is InChI=1S/C12H19NO2/c1-3-15-11(14)12(2,9-13)10-7-5-4-6-8-10/h7,11,14H,3-6,8H2,1-2H3. The van der Waals surface area contributed by atoms with Crippen LogP contribution in [0.3, 0.4) is 0 Å². The van der Waals surface area contributed by atoms with Gasteiger partial charge >= 0.3 is 0 Å². The third-order valence-corrected chi connectivity index (χ3v) is 3.01. The summed E-state index contributed by atoms with van der Waals surface area (Å²) in [7, 11) is 0. The molecule has 1 N–H and O–H groups in total. The van der Waals surface area contributed by atoms with Crippen LogP contribution >= 0.6 is 0 Å². The van der Waals surface area contributed by atoms with E-state index in [4.69, 9.17) is 4.74 Å². The Balaban J connectivity index is 2.84. The van der Waals surface area contributed by atoms with Crippen LogP contribution in [0.25, 0.3) is 0 Å². The zero-order valence-electron chi connectivity index (χ0n) is 9.49. The molecule has 2 unspecified atom stereocenters. The molecule has 0 aromatic carbocycles. The first-order valence-corrected chi connectivity index (χ1v) is 5.55. The Morgan fingerprint density at radius 1 is 1.67 bits per heavy atom. The van der Waals surface area contributed by atoms with Gasteiger partial charge in [-0.1, -0.05) is 6.08 Å². The van der Waals surface area contributed by atoms with Crippen LogP contribution in [0.1, 0.15) is 39.5 Å². The molecule has 84 valence electrons. The summed E-state index contributed by atoms with van der Waals surface area (Å²) in [5.41, 5.74) is 0.147. The van der Waals surface area contributed by atoms with Crippen LogP contribution in [0.15, 0.2) is 11.6 Å². The van der Waals surface area contributed by atoms with E-state index in [-0.39, 0.29) is 0 Å². The smallest absolute Gasteiger partial charge is 0.176 e. The molecule has 15 heavy (non-hydrogen) atoms. The largest absolute Gasteiger partial charge is 0.366 e. The van der Waals surface area contributed by atoms with Crippen molar-refractivity contribution in [3.63, 3.8) is 0 Å². The number of hydrogen-bond acceptors (Lipinski definition) is 3. The number of nitrogens with zero attached hydrogens (tertiary/aromatic N) is 1. The molecule has 0 aromatic heterocycles. The normalized spacial score (nSPS) is 22.4. The van der Waals surface area contributed by atoms with Gasteiger partial charge in [0.25, 0.3) is 0 Å². The molecule has 0 spiro atoms. The third-order valence-electron chi connectivity index (χ3n) is 3.01. The fraction of sp³-hybridized carbons (Fsp3) is 0.750. The van der Waals surface area contributed by atoms with Crippen LogP contribution in [0.4, 0.5) is 0 Å². The number of nitriles is 1. The number of aliphatic hydroxyl groups is 1. The van der Waals surface area contributed by atoms with Crippen molar-refractivity contribution in [1.29, 1.82) is 5.26 Å². The van der Waals surface area contributed by atoms with E-state index in [1.54, 1.807) is 6.92 Å². The van der Waals surface area contributed by atoms with Crippen LogP contribution < -0.4 is 0 Å². The maximum atomic E-state index is 9.83. The number of rotatable bonds is 4. The van der Waals surface area contributed by atoms with Gasteiger partial charge in [0.05, 0.1) is 6.07 Å². The fourth-order valence-electron chi connectivity index (χ4n) is 1.92. The van der Waals surface area contributed by atoms with Crippen LogP contribution in [-0.2, 0) is 4.74 Å². The molecule has 0 radical (unpaired) electrons. The molecular formula is C12H19NO2. The summed E-state index contributed by atoms with van der Waals surface area (Å²) in [6.07, 6.45) is 5.24. The van der Waals surface area contributed by atoms with Gasteiger partial charge in [-0.15, -0.1) is 0 Å². The molecule has 0 aromatic rings. The molecular weight excluding hydrogens is 190 g/mol. The van der Waals surface area contributed by atoms with E-state index < -0.39 is 11.7 Å². The predicted octanol–water partition coefficient (Wildman–Crippen LogP) is 2.37. The summed E-state index contributed by atoms with van der Waals surface area (Å²) in [6.45, 7) is 3.99. The molecule has 1 aliphatic rings. The van der Waals surface area contributed by atoms with E-state index in [0.717, 1.165) is 24.8 Å². The average molecular weight is 209 g/mol. The van der Waals surface area contributed by atoms with Crippen molar-refractivity contribution in [2.24, 2.45) is 5.41 Å². The summed E-state index contributed by atoms with van der Waals surface area (Å²) in [5.74, 6) is 0. The molecule has 1 rings (SSSR count). The van der Waals surface area contributed by atoms with Crippen molar-refractivity contribution in [3.05, 3.63) is 11.6 Å². The number of aliphatic hydroxyl groups excluding tert-OH is 1. The second-order valence-corrected chi connectivity index (χ2v) is 4.10. The van der Waals surface area contributed by atoms with Gasteiger partial charge in [0.15, 0.2) is 6.29 Å². The number of ether oxygens (including phenoxy) is 1. The van der Waals surface area contributed by atoms with E-state index in [1.165, 1.54) is 6.42 Å². The summed E-state index contributed by atoms with van der Waals surface area (Å²) < 4.78 is 5.14. The third kappa shape index (κ3) is 2.58. The molecule has 0 amide bonds. The monoisotopic (exact) mass is 209 g/mol. The summed E-state index contributed by atoms with van der Waals surface area (Å²) >= 11 is 0. The number of allylic oxidation sites excluding steroid dienone is 1. The van der Waals surface area contributed by atoms with Gasteiger partial charge in [-0.3, -0.25) is 0 Å². The first kappa shape index (κ1) is 12.2. The Labute approximate surface area is 91.4 Å². The van der Waals surface area contributed by atoms with E-state index >= 15 is 0 Å². The lowest BCUT2D eigenvalue weighted by atomic mass is 9.77. The van der Waals surface area contributed by atoms with Gasteiger partial charge < -0.3 is 9.84 Å². The second-order valence-electron chi connectivity index (χ2n) is 4.10. The molecule has 1 aliphatic carbocycles. The van der Waals surface area contributed by atoms with Crippen molar-refractivity contribution in [3.8, 4) is 6.07 Å². The lowest BCUT2D eigenvalue weighted by Crippen LogP contribution is -2.35. The molecule has 2 atom stereocenters. The minimum absolute atomic E-state index is 0.422. The zero-order valence-corrected chi connectivity index (χ0v) is 9.49. The first-order chi connectivity index (χ1) is 7.15. The van der Waals surface area contributed by atoms with Crippen molar-refractivity contribution >= 4 is 0 Å². The number of hydrogen-bond donors (Lipinski definition) is 1. The highest BCUT2D eigenvalue weighted by molar-refractivity contribution is 5.24. The lowest BCUT2D eigenvalue weighted by Gasteiger charge is -2.31. The SMILES string of the molecule is CCOC(O)C(C)(C#N)C1=CCCCC1. The van der Waals surface area contributed by atoms with Gasteiger partial charge in [0.2, 0.25) is 0 Å². The van der Waals surface area contributed by atoms with Crippen molar-refractivity contribution in [1.82, 2.24) is 0 Å². The Bertz CT molecular complexity index is 280. The molecule has 0 saturated heterocycles. The maximum Gasteiger partial charge on any atom is 0.176 e. The van der Waals surface area contributed by atoms with Crippen LogP contribution in [0.2, 0.25) is 0 Å². The topological polar surface area (TPSA) is 53.2 Å². The van der Waals surface area contributed by atoms with E-state index in [9.17, 15) is 10.4 Å². The van der Waals surface area contributed by atoms with Crippen molar-refractivity contribution < 1.29 is 9.84 Å². The summed E-state index contributed by atoms with van der Waals surface area (Å²) in [5, 5.41) is 19.0. The molecule has 3 heteroatoms. The summed E-state index contributed by atoms with van der Waals surface area (Å²) in [4.78, 5) is 0. The molecule has 0 bridgehead atoms. The minimum atomic E-state index is -1.02. The fourth-order valence-corrected chi connectivity index (χ4v) is 1.92. The van der Waals surface area contributed by atoms with Crippen LogP contribution in [0, 0.1) is 16.7 Å². The van der Waals surface area contributed by atoms with Gasteiger partial charge in [-0.25, -0.2) is 0 Å². The highest BCUT2D eigenvalue weighted by Gasteiger charge is 2.37. The van der Waals surface area contributed by atoms with Gasteiger partial charge in [0.1, 0.15) is 5.41 Å². The quantitative estimate of drug-likeness (QED) is 0.571. The first-order valence-electron chi connectivity index (χ1n) is 5.55. The Kier molecular flexibility index (Phi) is 4.31. The summed E-state index contributed by atoms with van der Waals surface area (Å²) in [6, 6.07) is 2.19. The average Bonchev–Trinajstić information content (AvgIpc) is 2.29. The van der Waals surface area contributed by atoms with E-state index in [2.05, 4.69) is 12.1 Å². The zero-order chi connectivity index (χ0) is 11.3. The van der Waals surface area contributed by atoms with Crippen LogP contribution in [-0.4, -0.2) is 18.0 Å². The molecule has 0 heterocycles. The highest BCUT2D eigenvalue weighted by Crippen LogP contribution is 2.36. The van der Waals surface area contributed by atoms with Gasteiger partial charge in [0, 0.05) is 6.61 Å². The molecule has 0 aliphatic heterocycles. The Morgan fingerprint density at radius 2 is 2.40 bits per heavy atom. The second kappa shape index (κ2) is 5.29. The van der Waals surface area contributed by atoms with Crippen LogP contribution in [0.5, 0.6) is 0 Å². The van der Waals surface area contributed by atoms with E-state index in [0.29, 0.717) is 6.61 Å². The Hall–Kier alpha value is -0.850. The lowest BCUT2D eigenvalue weighted by molar-refractivity contribution is -0.139. The molecule has 0 fully saturated rings. The van der Waals surface area contributed by atoms with Gasteiger partial charge in [-0.2, -0.15) is 5.26 Å².